The maximum absolute atomic E-state index is 14.3. The smallest absolute Gasteiger partial charge is 0.259 e. The highest BCUT2D eigenvalue weighted by molar-refractivity contribution is 6.06. The second-order valence-electron chi connectivity index (χ2n) is 7.90. The van der Waals surface area contributed by atoms with Crippen LogP contribution in [0.1, 0.15) is 47.4 Å². The van der Waals surface area contributed by atoms with E-state index in [4.69, 9.17) is 9.47 Å². The van der Waals surface area contributed by atoms with Crippen molar-refractivity contribution in [1.82, 2.24) is 9.78 Å². The molecule has 0 aliphatic heterocycles. The van der Waals surface area contributed by atoms with E-state index in [0.29, 0.717) is 34.1 Å². The van der Waals surface area contributed by atoms with E-state index in [9.17, 15) is 13.6 Å². The molecule has 1 N–H and O–H groups in total. The van der Waals surface area contributed by atoms with Crippen LogP contribution in [0.4, 0.5) is 14.5 Å². The Kier molecular flexibility index (Phi) is 6.12. The lowest BCUT2D eigenvalue weighted by molar-refractivity contribution is 0.102. The number of hydrogen-bond donors (Lipinski definition) is 1. The van der Waals surface area contributed by atoms with E-state index in [1.165, 1.54) is 10.7 Å². The standard InChI is InChI=1S/C24H25F2N3O3/c1-14-23(15(2)29(28-14)20-10-8-16(25)12-19(20)26)24(30)27-17-9-11-21(31-3)22(13-17)32-18-6-4-5-7-18/h8-13,18H,4-7H2,1-3H3,(H,27,30). The summed E-state index contributed by atoms with van der Waals surface area (Å²) in [6, 6.07) is 8.45. The minimum absolute atomic E-state index is 0.0720. The van der Waals surface area contributed by atoms with Crippen molar-refractivity contribution in [1.29, 1.82) is 0 Å². The van der Waals surface area contributed by atoms with Gasteiger partial charge in [-0.2, -0.15) is 5.10 Å². The highest BCUT2D eigenvalue weighted by Gasteiger charge is 2.22. The fraction of sp³-hybridized carbons (Fsp3) is 0.333. The number of carbonyl (C=O) groups excluding carboxylic acids is 1. The summed E-state index contributed by atoms with van der Waals surface area (Å²) in [5, 5.41) is 7.16. The monoisotopic (exact) mass is 441 g/mol. The minimum Gasteiger partial charge on any atom is -0.493 e. The molecule has 32 heavy (non-hydrogen) atoms. The summed E-state index contributed by atoms with van der Waals surface area (Å²) in [6.45, 7) is 3.34. The van der Waals surface area contributed by atoms with E-state index in [0.717, 1.165) is 37.8 Å². The van der Waals surface area contributed by atoms with Crippen molar-refractivity contribution in [2.45, 2.75) is 45.6 Å². The molecule has 1 amide bonds. The molecule has 2 aromatic carbocycles. The predicted octanol–water partition coefficient (Wildman–Crippen LogP) is 5.35. The average molecular weight is 441 g/mol. The van der Waals surface area contributed by atoms with Crippen LogP contribution in [0.25, 0.3) is 5.69 Å². The Hall–Kier alpha value is -3.42. The number of hydrogen-bond acceptors (Lipinski definition) is 4. The molecule has 1 aromatic heterocycles. The molecule has 1 aliphatic carbocycles. The molecule has 3 aromatic rings. The lowest BCUT2D eigenvalue weighted by Gasteiger charge is -2.17. The summed E-state index contributed by atoms with van der Waals surface area (Å²) in [5.74, 6) is -0.644. The predicted molar refractivity (Wildman–Crippen MR) is 117 cm³/mol. The summed E-state index contributed by atoms with van der Waals surface area (Å²) in [4.78, 5) is 13.1. The first-order chi connectivity index (χ1) is 15.4. The van der Waals surface area contributed by atoms with Gasteiger partial charge in [0, 0.05) is 17.8 Å². The molecular formula is C24H25F2N3O3. The van der Waals surface area contributed by atoms with Crippen LogP contribution in [0.3, 0.4) is 0 Å². The van der Waals surface area contributed by atoms with Gasteiger partial charge < -0.3 is 14.8 Å². The quantitative estimate of drug-likeness (QED) is 0.560. The molecular weight excluding hydrogens is 416 g/mol. The number of rotatable bonds is 6. The van der Waals surface area contributed by atoms with Gasteiger partial charge in [0.05, 0.1) is 30.2 Å². The van der Waals surface area contributed by atoms with Crippen LogP contribution in [-0.2, 0) is 0 Å². The Balaban J connectivity index is 1.59. The molecule has 0 bridgehead atoms. The van der Waals surface area contributed by atoms with Gasteiger partial charge in [-0.1, -0.05) is 0 Å². The van der Waals surface area contributed by atoms with E-state index in [-0.39, 0.29) is 17.7 Å². The number of benzene rings is 2. The number of methoxy groups -OCH3 is 1. The van der Waals surface area contributed by atoms with Gasteiger partial charge in [0.15, 0.2) is 17.3 Å². The molecule has 1 heterocycles. The number of amides is 1. The molecule has 4 rings (SSSR count). The molecule has 0 unspecified atom stereocenters. The van der Waals surface area contributed by atoms with Gasteiger partial charge in [0.1, 0.15) is 11.5 Å². The molecule has 6 nitrogen and oxygen atoms in total. The second-order valence-corrected chi connectivity index (χ2v) is 7.90. The van der Waals surface area contributed by atoms with Crippen molar-refractivity contribution < 1.29 is 23.0 Å². The first kappa shape index (κ1) is 21.8. The van der Waals surface area contributed by atoms with E-state index in [1.54, 1.807) is 39.2 Å². The number of anilines is 1. The van der Waals surface area contributed by atoms with Crippen LogP contribution in [0.2, 0.25) is 0 Å². The number of halogens is 2. The first-order valence-electron chi connectivity index (χ1n) is 10.5. The maximum Gasteiger partial charge on any atom is 0.259 e. The fourth-order valence-electron chi connectivity index (χ4n) is 4.08. The highest BCUT2D eigenvalue weighted by Crippen LogP contribution is 2.34. The number of nitrogens with one attached hydrogen (secondary N) is 1. The minimum atomic E-state index is -0.758. The van der Waals surface area contributed by atoms with Crippen LogP contribution in [0, 0.1) is 25.5 Å². The normalized spacial score (nSPS) is 13.9. The van der Waals surface area contributed by atoms with Crippen molar-refractivity contribution in [3.63, 3.8) is 0 Å². The Labute approximate surface area is 185 Å². The third kappa shape index (κ3) is 4.30. The first-order valence-corrected chi connectivity index (χ1v) is 10.5. The van der Waals surface area contributed by atoms with E-state index in [1.807, 2.05) is 0 Å². The van der Waals surface area contributed by atoms with Crippen LogP contribution >= 0.6 is 0 Å². The Morgan fingerprint density at radius 1 is 1.09 bits per heavy atom. The fourth-order valence-corrected chi connectivity index (χ4v) is 4.08. The van der Waals surface area contributed by atoms with Crippen LogP contribution in [-0.4, -0.2) is 28.9 Å². The van der Waals surface area contributed by atoms with Crippen LogP contribution in [0.5, 0.6) is 11.5 Å². The topological polar surface area (TPSA) is 65.4 Å². The maximum atomic E-state index is 14.3. The summed E-state index contributed by atoms with van der Waals surface area (Å²) >= 11 is 0. The molecule has 0 radical (unpaired) electrons. The lowest BCUT2D eigenvalue weighted by Crippen LogP contribution is -2.15. The summed E-state index contributed by atoms with van der Waals surface area (Å²) in [6.07, 6.45) is 4.42. The van der Waals surface area contributed by atoms with Crippen LogP contribution < -0.4 is 14.8 Å². The lowest BCUT2D eigenvalue weighted by atomic mass is 10.1. The summed E-state index contributed by atoms with van der Waals surface area (Å²) < 4.78 is 40.3. The molecule has 0 spiro atoms. The number of aryl methyl sites for hydroxylation is 1. The van der Waals surface area contributed by atoms with Gasteiger partial charge in [0.25, 0.3) is 5.91 Å². The average Bonchev–Trinajstić information content (AvgIpc) is 3.36. The molecule has 168 valence electrons. The van der Waals surface area contributed by atoms with Gasteiger partial charge in [-0.05, 0) is 63.8 Å². The largest absolute Gasteiger partial charge is 0.493 e. The molecule has 0 atom stereocenters. The zero-order chi connectivity index (χ0) is 22.8. The van der Waals surface area contributed by atoms with Crippen molar-refractivity contribution in [2.75, 3.05) is 12.4 Å². The van der Waals surface area contributed by atoms with Gasteiger partial charge >= 0.3 is 0 Å². The van der Waals surface area contributed by atoms with Crippen molar-refractivity contribution in [3.05, 3.63) is 65.0 Å². The summed E-state index contributed by atoms with van der Waals surface area (Å²) in [5.41, 5.74) is 1.81. The van der Waals surface area contributed by atoms with Crippen molar-refractivity contribution in [3.8, 4) is 17.2 Å². The second kappa shape index (κ2) is 8.98. The molecule has 1 saturated carbocycles. The molecule has 1 aliphatic rings. The zero-order valence-corrected chi connectivity index (χ0v) is 18.2. The number of carbonyl (C=O) groups is 1. The Morgan fingerprint density at radius 2 is 1.84 bits per heavy atom. The number of ether oxygens (including phenoxy) is 2. The van der Waals surface area contributed by atoms with E-state index >= 15 is 0 Å². The third-order valence-corrected chi connectivity index (χ3v) is 5.67. The zero-order valence-electron chi connectivity index (χ0n) is 18.2. The SMILES string of the molecule is COc1ccc(NC(=O)c2c(C)nn(-c3ccc(F)cc3F)c2C)cc1OC1CCCC1. The summed E-state index contributed by atoms with van der Waals surface area (Å²) in [7, 11) is 1.57. The van der Waals surface area contributed by atoms with E-state index in [2.05, 4.69) is 10.4 Å². The molecule has 0 saturated heterocycles. The highest BCUT2D eigenvalue weighted by atomic mass is 19.1. The van der Waals surface area contributed by atoms with Gasteiger partial charge in [0.2, 0.25) is 0 Å². The molecule has 8 heteroatoms. The Bertz CT molecular complexity index is 1150. The van der Waals surface area contributed by atoms with Gasteiger partial charge in [-0.3, -0.25) is 4.79 Å². The van der Waals surface area contributed by atoms with E-state index < -0.39 is 11.6 Å². The van der Waals surface area contributed by atoms with Gasteiger partial charge in [-0.15, -0.1) is 0 Å². The Morgan fingerprint density at radius 3 is 2.53 bits per heavy atom. The third-order valence-electron chi connectivity index (χ3n) is 5.67. The van der Waals surface area contributed by atoms with Crippen LogP contribution in [0.15, 0.2) is 36.4 Å². The van der Waals surface area contributed by atoms with Gasteiger partial charge in [-0.25, -0.2) is 13.5 Å². The number of nitrogens with zero attached hydrogens (tertiary/aromatic N) is 2. The van der Waals surface area contributed by atoms with Crippen molar-refractivity contribution in [2.24, 2.45) is 0 Å². The molecule has 1 fully saturated rings. The van der Waals surface area contributed by atoms with Crippen molar-refractivity contribution >= 4 is 11.6 Å². The number of aromatic nitrogens is 2.